The van der Waals surface area contributed by atoms with E-state index in [1.807, 2.05) is 42.2 Å². The molecule has 0 aliphatic heterocycles. The van der Waals surface area contributed by atoms with Gasteiger partial charge in [-0.2, -0.15) is 0 Å². The minimum Gasteiger partial charge on any atom is -1.00 e. The number of hydrogen-bond donors (Lipinski definition) is 0. The number of pyridine rings is 1. The van der Waals surface area contributed by atoms with Gasteiger partial charge in [-0.25, -0.2) is 4.57 Å². The second-order valence-corrected chi connectivity index (χ2v) is 2.01. The molecule has 0 N–H and O–H groups in total. The Kier molecular flexibility index (Phi) is 3.74. The zero-order valence-electron chi connectivity index (χ0n) is 5.92. The van der Waals surface area contributed by atoms with Crippen molar-refractivity contribution in [3.63, 3.8) is 0 Å². The molecule has 54 valence electrons. The lowest BCUT2D eigenvalue weighted by atomic mass is 10.3. The van der Waals surface area contributed by atoms with Crippen LogP contribution in [0.3, 0.4) is 0 Å². The lowest BCUT2D eigenvalue weighted by Gasteiger charge is -1.86. The summed E-state index contributed by atoms with van der Waals surface area (Å²) in [6.45, 7) is 3.66. The van der Waals surface area contributed by atoms with E-state index in [1.165, 1.54) is 0 Å². The van der Waals surface area contributed by atoms with Crippen LogP contribution in [0.5, 0.6) is 0 Å². The van der Waals surface area contributed by atoms with Crippen LogP contribution in [0.1, 0.15) is 5.56 Å². The molecule has 0 spiro atoms. The van der Waals surface area contributed by atoms with Gasteiger partial charge in [-0.05, 0) is 6.07 Å². The van der Waals surface area contributed by atoms with Crippen molar-refractivity contribution in [1.82, 2.24) is 0 Å². The highest BCUT2D eigenvalue weighted by Gasteiger charge is 1.89. The molecule has 0 amide bonds. The molecular formula is C8H10ClN. The number of aryl methyl sites for hydroxylation is 1. The van der Waals surface area contributed by atoms with Crippen molar-refractivity contribution < 1.29 is 17.0 Å². The predicted octanol–water partition coefficient (Wildman–Crippen LogP) is -1.84. The van der Waals surface area contributed by atoms with E-state index >= 15 is 0 Å². The molecule has 1 aromatic heterocycles. The standard InChI is InChI=1S/C8H10N.ClH/c1-3-8-5-4-6-9(2)7-8;/h3-7H,1H2,2H3;1H/q+1;/p-1. The van der Waals surface area contributed by atoms with Crippen molar-refractivity contribution in [2.75, 3.05) is 0 Å². The maximum atomic E-state index is 3.66. The molecule has 1 aromatic rings. The Hall–Kier alpha value is -0.820. The van der Waals surface area contributed by atoms with E-state index < -0.39 is 0 Å². The summed E-state index contributed by atoms with van der Waals surface area (Å²) in [5, 5.41) is 0. The van der Waals surface area contributed by atoms with Gasteiger partial charge in [-0.3, -0.25) is 0 Å². The molecule has 1 rings (SSSR count). The molecule has 0 fully saturated rings. The maximum absolute atomic E-state index is 3.66. The van der Waals surface area contributed by atoms with E-state index in [0.29, 0.717) is 0 Å². The van der Waals surface area contributed by atoms with Gasteiger partial charge < -0.3 is 12.4 Å². The zero-order chi connectivity index (χ0) is 6.69. The molecule has 0 bridgehead atoms. The van der Waals surface area contributed by atoms with Gasteiger partial charge in [0, 0.05) is 11.6 Å². The summed E-state index contributed by atoms with van der Waals surface area (Å²) >= 11 is 0. The third kappa shape index (κ3) is 2.19. The Morgan fingerprint density at radius 2 is 2.30 bits per heavy atom. The number of nitrogens with zero attached hydrogens (tertiary/aromatic N) is 1. The van der Waals surface area contributed by atoms with Crippen LogP contribution in [0.25, 0.3) is 6.08 Å². The average Bonchev–Trinajstić information content (AvgIpc) is 1.88. The van der Waals surface area contributed by atoms with Crippen LogP contribution in [0.4, 0.5) is 0 Å². The highest BCUT2D eigenvalue weighted by Crippen LogP contribution is 1.93. The van der Waals surface area contributed by atoms with Crippen molar-refractivity contribution in [3.8, 4) is 0 Å². The van der Waals surface area contributed by atoms with Crippen LogP contribution < -0.4 is 17.0 Å². The van der Waals surface area contributed by atoms with Crippen LogP contribution in [-0.4, -0.2) is 0 Å². The first-order chi connectivity index (χ1) is 4.33. The number of hydrogen-bond acceptors (Lipinski definition) is 0. The van der Waals surface area contributed by atoms with E-state index in [-0.39, 0.29) is 12.4 Å². The minimum atomic E-state index is 0. The molecule has 0 radical (unpaired) electrons. The monoisotopic (exact) mass is 155 g/mol. The van der Waals surface area contributed by atoms with Crippen LogP contribution >= 0.6 is 0 Å². The van der Waals surface area contributed by atoms with Gasteiger partial charge in [0.1, 0.15) is 7.05 Å². The lowest BCUT2D eigenvalue weighted by molar-refractivity contribution is -0.671. The van der Waals surface area contributed by atoms with Crippen molar-refractivity contribution in [2.45, 2.75) is 0 Å². The molecule has 0 atom stereocenters. The molecule has 0 aliphatic rings. The number of halogens is 1. The average molecular weight is 156 g/mol. The molecule has 0 aliphatic carbocycles. The van der Waals surface area contributed by atoms with Gasteiger partial charge in [0.25, 0.3) is 0 Å². The Labute approximate surface area is 67.4 Å². The first-order valence-corrected chi connectivity index (χ1v) is 2.90. The van der Waals surface area contributed by atoms with Gasteiger partial charge in [-0.15, -0.1) is 0 Å². The highest BCUT2D eigenvalue weighted by molar-refractivity contribution is 5.43. The SMILES string of the molecule is C=Cc1ccc[n+](C)c1.[Cl-]. The number of aromatic nitrogens is 1. The fourth-order valence-electron chi connectivity index (χ4n) is 0.732. The third-order valence-electron chi connectivity index (χ3n) is 1.20. The van der Waals surface area contributed by atoms with E-state index in [4.69, 9.17) is 0 Å². The van der Waals surface area contributed by atoms with Gasteiger partial charge >= 0.3 is 0 Å². The Morgan fingerprint density at radius 1 is 1.60 bits per heavy atom. The normalized spacial score (nSPS) is 8.10. The molecule has 0 unspecified atom stereocenters. The van der Waals surface area contributed by atoms with E-state index in [1.54, 1.807) is 0 Å². The molecule has 1 heterocycles. The predicted molar refractivity (Wildman–Crippen MR) is 37.7 cm³/mol. The summed E-state index contributed by atoms with van der Waals surface area (Å²) in [5.41, 5.74) is 1.15. The summed E-state index contributed by atoms with van der Waals surface area (Å²) in [5.74, 6) is 0. The molecule has 0 saturated heterocycles. The summed E-state index contributed by atoms with van der Waals surface area (Å²) < 4.78 is 2.00. The second-order valence-electron chi connectivity index (χ2n) is 2.01. The second kappa shape index (κ2) is 4.07. The van der Waals surface area contributed by atoms with Gasteiger partial charge in [-0.1, -0.05) is 12.7 Å². The highest BCUT2D eigenvalue weighted by atomic mass is 35.5. The Bertz CT molecular complexity index is 220. The van der Waals surface area contributed by atoms with Gasteiger partial charge in [0.2, 0.25) is 0 Å². The van der Waals surface area contributed by atoms with Crippen LogP contribution in [0.15, 0.2) is 31.1 Å². The molecular weight excluding hydrogens is 146 g/mol. The summed E-state index contributed by atoms with van der Waals surface area (Å²) in [6.07, 6.45) is 5.85. The third-order valence-corrected chi connectivity index (χ3v) is 1.20. The van der Waals surface area contributed by atoms with Gasteiger partial charge in [0.05, 0.1) is 0 Å². The topological polar surface area (TPSA) is 3.88 Å². The Morgan fingerprint density at radius 3 is 2.70 bits per heavy atom. The summed E-state index contributed by atoms with van der Waals surface area (Å²) in [7, 11) is 1.99. The molecule has 10 heavy (non-hydrogen) atoms. The van der Waals surface area contributed by atoms with Crippen molar-refractivity contribution >= 4 is 6.08 Å². The van der Waals surface area contributed by atoms with Crippen molar-refractivity contribution in [1.29, 1.82) is 0 Å². The van der Waals surface area contributed by atoms with Crippen LogP contribution in [0.2, 0.25) is 0 Å². The van der Waals surface area contributed by atoms with Crippen LogP contribution in [0, 0.1) is 0 Å². The first-order valence-electron chi connectivity index (χ1n) is 2.90. The van der Waals surface area contributed by atoms with E-state index in [9.17, 15) is 0 Å². The minimum absolute atomic E-state index is 0. The number of rotatable bonds is 1. The molecule has 0 saturated carbocycles. The lowest BCUT2D eigenvalue weighted by Crippen LogP contribution is -3.00. The smallest absolute Gasteiger partial charge is 0.175 e. The van der Waals surface area contributed by atoms with Crippen LogP contribution in [-0.2, 0) is 7.05 Å². The Balaban J connectivity index is 0.000000810. The molecule has 1 nitrogen and oxygen atoms in total. The fraction of sp³-hybridized carbons (Fsp3) is 0.125. The quantitative estimate of drug-likeness (QED) is 0.420. The largest absolute Gasteiger partial charge is 1.00 e. The summed E-state index contributed by atoms with van der Waals surface area (Å²) in [6, 6.07) is 4.02. The molecule has 0 aromatic carbocycles. The van der Waals surface area contributed by atoms with E-state index in [0.717, 1.165) is 5.56 Å². The van der Waals surface area contributed by atoms with Crippen molar-refractivity contribution in [2.24, 2.45) is 7.05 Å². The van der Waals surface area contributed by atoms with Crippen molar-refractivity contribution in [3.05, 3.63) is 36.7 Å². The van der Waals surface area contributed by atoms with Gasteiger partial charge in [0.15, 0.2) is 12.4 Å². The first kappa shape index (κ1) is 9.18. The maximum Gasteiger partial charge on any atom is 0.175 e. The molecule has 2 heteroatoms. The summed E-state index contributed by atoms with van der Waals surface area (Å²) in [4.78, 5) is 0. The zero-order valence-corrected chi connectivity index (χ0v) is 6.67. The van der Waals surface area contributed by atoms with E-state index in [2.05, 4.69) is 6.58 Å². The fourth-order valence-corrected chi connectivity index (χ4v) is 0.732.